The molecule has 1 aromatic carbocycles. The molecule has 3 rings (SSSR count). The van der Waals surface area contributed by atoms with E-state index in [4.69, 9.17) is 0 Å². The van der Waals surface area contributed by atoms with Crippen LogP contribution >= 0.6 is 0 Å². The standard InChI is InChI=1S/C23H25NO4/c1-22(2,3)14-10-12(11-15(19(14)26)23(4,5)6)16-20(27)17-13(8-7-9-24-17)18(25)21(16)28/h7-11,26-27H,1-6H3. The number of phenolic OH excluding ortho intramolecular Hbond substituents is 1. The first-order chi connectivity index (χ1) is 12.8. The van der Waals surface area contributed by atoms with Crippen molar-refractivity contribution in [2.75, 3.05) is 0 Å². The van der Waals surface area contributed by atoms with Crippen LogP contribution in [0.4, 0.5) is 0 Å². The third-order valence-corrected chi connectivity index (χ3v) is 4.96. The van der Waals surface area contributed by atoms with Gasteiger partial charge >= 0.3 is 0 Å². The minimum Gasteiger partial charge on any atom is -0.507 e. The van der Waals surface area contributed by atoms with E-state index in [-0.39, 0.29) is 28.3 Å². The Hall–Kier alpha value is -2.95. The number of hydrogen-bond acceptors (Lipinski definition) is 5. The number of fused-ring (bicyclic) bond motifs is 1. The van der Waals surface area contributed by atoms with Gasteiger partial charge in [-0.05, 0) is 40.7 Å². The van der Waals surface area contributed by atoms with E-state index < -0.39 is 22.4 Å². The molecule has 1 heterocycles. The van der Waals surface area contributed by atoms with Crippen molar-refractivity contribution in [3.8, 4) is 5.75 Å². The number of benzene rings is 1. The second kappa shape index (κ2) is 6.30. The molecule has 146 valence electrons. The molecule has 2 N–H and O–H groups in total. The second-order valence-corrected chi connectivity index (χ2v) is 9.20. The maximum atomic E-state index is 12.8. The van der Waals surface area contributed by atoms with Crippen molar-refractivity contribution >= 4 is 22.9 Å². The van der Waals surface area contributed by atoms with Gasteiger partial charge in [-0.15, -0.1) is 0 Å². The predicted octanol–water partition coefficient (Wildman–Crippen LogP) is 4.57. The lowest BCUT2D eigenvalue weighted by atomic mass is 9.76. The van der Waals surface area contributed by atoms with Gasteiger partial charge in [-0.2, -0.15) is 0 Å². The van der Waals surface area contributed by atoms with Gasteiger partial charge in [0, 0.05) is 17.3 Å². The zero-order valence-corrected chi connectivity index (χ0v) is 17.0. The first-order valence-corrected chi connectivity index (χ1v) is 9.20. The van der Waals surface area contributed by atoms with Gasteiger partial charge in [0.1, 0.15) is 11.4 Å². The van der Waals surface area contributed by atoms with E-state index in [1.807, 2.05) is 41.5 Å². The lowest BCUT2D eigenvalue weighted by molar-refractivity contribution is -0.110. The van der Waals surface area contributed by atoms with E-state index >= 15 is 0 Å². The van der Waals surface area contributed by atoms with Gasteiger partial charge in [-0.3, -0.25) is 14.6 Å². The summed E-state index contributed by atoms with van der Waals surface area (Å²) in [5.41, 5.74) is 0.989. The molecule has 2 aromatic rings. The molecule has 0 unspecified atom stereocenters. The highest BCUT2D eigenvalue weighted by atomic mass is 16.3. The Balaban J connectivity index is 2.38. The molecule has 0 amide bonds. The van der Waals surface area contributed by atoms with Crippen LogP contribution in [0.3, 0.4) is 0 Å². The molecule has 0 bridgehead atoms. The quantitative estimate of drug-likeness (QED) is 0.709. The number of aliphatic hydroxyl groups excluding tert-OH is 1. The Kier molecular flexibility index (Phi) is 4.45. The Morgan fingerprint density at radius 1 is 0.857 bits per heavy atom. The van der Waals surface area contributed by atoms with Gasteiger partial charge in [-0.1, -0.05) is 41.5 Å². The summed E-state index contributed by atoms with van der Waals surface area (Å²) in [5, 5.41) is 21.7. The topological polar surface area (TPSA) is 87.5 Å². The van der Waals surface area contributed by atoms with Crippen LogP contribution in [0, 0.1) is 0 Å². The predicted molar refractivity (Wildman–Crippen MR) is 109 cm³/mol. The lowest BCUT2D eigenvalue weighted by Gasteiger charge is -2.29. The second-order valence-electron chi connectivity index (χ2n) is 9.20. The zero-order valence-electron chi connectivity index (χ0n) is 17.0. The zero-order chi connectivity index (χ0) is 21.0. The molecule has 0 atom stereocenters. The van der Waals surface area contributed by atoms with E-state index in [2.05, 4.69) is 4.98 Å². The van der Waals surface area contributed by atoms with Gasteiger partial charge in [0.2, 0.25) is 11.6 Å². The first-order valence-electron chi connectivity index (χ1n) is 9.20. The highest BCUT2D eigenvalue weighted by Crippen LogP contribution is 2.42. The molecule has 5 heteroatoms. The Morgan fingerprint density at radius 2 is 1.39 bits per heavy atom. The highest BCUT2D eigenvalue weighted by molar-refractivity contribution is 6.62. The smallest absolute Gasteiger partial charge is 0.238 e. The SMILES string of the molecule is CC(C)(C)c1cc(C2=C(O)c3ncccc3C(=O)C2=O)cc(C(C)(C)C)c1O. The summed E-state index contributed by atoms with van der Waals surface area (Å²) in [5.74, 6) is -1.62. The summed E-state index contributed by atoms with van der Waals surface area (Å²) < 4.78 is 0. The van der Waals surface area contributed by atoms with Crippen LogP contribution in [-0.4, -0.2) is 26.8 Å². The van der Waals surface area contributed by atoms with Gasteiger partial charge < -0.3 is 10.2 Å². The van der Waals surface area contributed by atoms with Gasteiger partial charge in [-0.25, -0.2) is 0 Å². The normalized spacial score (nSPS) is 15.1. The van der Waals surface area contributed by atoms with E-state index in [0.29, 0.717) is 16.7 Å². The molecule has 5 nitrogen and oxygen atoms in total. The minimum atomic E-state index is -0.775. The number of hydrogen-bond donors (Lipinski definition) is 2. The van der Waals surface area contributed by atoms with Crippen molar-refractivity contribution in [2.45, 2.75) is 52.4 Å². The maximum Gasteiger partial charge on any atom is 0.238 e. The number of allylic oxidation sites excluding steroid dienone is 1. The lowest BCUT2D eigenvalue weighted by Crippen LogP contribution is -2.25. The average molecular weight is 379 g/mol. The number of ketones is 2. The Labute approximate surface area is 164 Å². The van der Waals surface area contributed by atoms with Crippen LogP contribution in [0.5, 0.6) is 5.75 Å². The summed E-state index contributed by atoms with van der Waals surface area (Å²) in [7, 11) is 0. The fraction of sp³-hybridized carbons (Fsp3) is 0.348. The van der Waals surface area contributed by atoms with E-state index in [9.17, 15) is 19.8 Å². The van der Waals surface area contributed by atoms with Crippen LogP contribution in [-0.2, 0) is 15.6 Å². The number of aromatic nitrogens is 1. The van der Waals surface area contributed by atoms with Gasteiger partial charge in [0.05, 0.1) is 11.1 Å². The van der Waals surface area contributed by atoms with E-state index in [1.54, 1.807) is 18.2 Å². The number of aromatic hydroxyl groups is 1. The number of phenols is 1. The van der Waals surface area contributed by atoms with Gasteiger partial charge in [0.25, 0.3) is 0 Å². The highest BCUT2D eigenvalue weighted by Gasteiger charge is 2.36. The number of nitrogens with zero attached hydrogens (tertiary/aromatic N) is 1. The number of carbonyl (C=O) groups is 2. The third-order valence-electron chi connectivity index (χ3n) is 4.96. The monoisotopic (exact) mass is 379 g/mol. The molecular weight excluding hydrogens is 354 g/mol. The fourth-order valence-corrected chi connectivity index (χ4v) is 3.43. The van der Waals surface area contributed by atoms with Crippen molar-refractivity contribution in [1.29, 1.82) is 0 Å². The molecule has 0 saturated heterocycles. The summed E-state index contributed by atoms with van der Waals surface area (Å²) in [6, 6.07) is 6.39. The van der Waals surface area contributed by atoms with Crippen LogP contribution in [0.25, 0.3) is 11.3 Å². The molecular formula is C23H25NO4. The minimum absolute atomic E-state index is 0.0767. The van der Waals surface area contributed by atoms with Crippen molar-refractivity contribution < 1.29 is 19.8 Å². The summed E-state index contributed by atoms with van der Waals surface area (Å²) >= 11 is 0. The van der Waals surface area contributed by atoms with Crippen molar-refractivity contribution in [1.82, 2.24) is 4.98 Å². The number of carbonyl (C=O) groups excluding carboxylic acids is 2. The van der Waals surface area contributed by atoms with Crippen molar-refractivity contribution in [3.63, 3.8) is 0 Å². The number of rotatable bonds is 1. The number of aliphatic hydroxyl groups is 1. The fourth-order valence-electron chi connectivity index (χ4n) is 3.43. The molecule has 0 spiro atoms. The number of pyridine rings is 1. The van der Waals surface area contributed by atoms with Crippen molar-refractivity contribution in [2.24, 2.45) is 0 Å². The van der Waals surface area contributed by atoms with Crippen LogP contribution in [0.15, 0.2) is 30.5 Å². The summed E-state index contributed by atoms with van der Waals surface area (Å²) in [4.78, 5) is 29.5. The largest absolute Gasteiger partial charge is 0.507 e. The molecule has 1 aromatic heterocycles. The molecule has 1 aliphatic carbocycles. The molecule has 0 fully saturated rings. The first kappa shape index (κ1) is 19.8. The van der Waals surface area contributed by atoms with Crippen LogP contribution in [0.2, 0.25) is 0 Å². The third kappa shape index (κ3) is 3.11. The molecule has 1 aliphatic rings. The van der Waals surface area contributed by atoms with E-state index in [0.717, 1.165) is 0 Å². The summed E-state index contributed by atoms with van der Waals surface area (Å²) in [6.45, 7) is 11.7. The van der Waals surface area contributed by atoms with E-state index in [1.165, 1.54) is 12.3 Å². The number of Topliss-reactive ketones (excluding diaryl/α,β-unsaturated/α-hetero) is 2. The molecule has 0 radical (unpaired) electrons. The van der Waals surface area contributed by atoms with Crippen LogP contribution < -0.4 is 0 Å². The molecule has 0 saturated carbocycles. The Morgan fingerprint density at radius 3 is 1.89 bits per heavy atom. The maximum absolute atomic E-state index is 12.8. The molecule has 0 aliphatic heterocycles. The Bertz CT molecular complexity index is 998. The van der Waals surface area contributed by atoms with Crippen LogP contribution in [0.1, 0.15) is 74.3 Å². The molecule has 28 heavy (non-hydrogen) atoms. The summed E-state index contributed by atoms with van der Waals surface area (Å²) in [6.07, 6.45) is 1.47. The van der Waals surface area contributed by atoms with Crippen molar-refractivity contribution in [3.05, 3.63) is 58.4 Å². The van der Waals surface area contributed by atoms with Gasteiger partial charge in [0.15, 0.2) is 5.76 Å². The average Bonchev–Trinajstić information content (AvgIpc) is 2.59.